The molecule has 1 heterocycles. The van der Waals surface area contributed by atoms with Gasteiger partial charge >= 0.3 is 0 Å². The minimum absolute atomic E-state index is 0.163. The molecule has 1 aromatic carbocycles. The Morgan fingerprint density at radius 1 is 1.11 bits per heavy atom. The maximum atomic E-state index is 11.6. The molecular formula is C14H19N3O2. The second-order valence-electron chi connectivity index (χ2n) is 4.76. The fourth-order valence-electron chi connectivity index (χ4n) is 2.10. The third-order valence-corrected chi connectivity index (χ3v) is 3.37. The normalized spacial score (nSPS) is 16.1. The first-order valence-electron chi connectivity index (χ1n) is 6.45. The zero-order chi connectivity index (χ0) is 13.8. The molecule has 1 aromatic rings. The van der Waals surface area contributed by atoms with Crippen LogP contribution in [0.5, 0.6) is 0 Å². The van der Waals surface area contributed by atoms with Gasteiger partial charge in [-0.1, -0.05) is 12.1 Å². The van der Waals surface area contributed by atoms with Gasteiger partial charge in [0.15, 0.2) is 0 Å². The number of likely N-dealkylation sites (N-methyl/N-ethyl adjacent to an activating group) is 1. The second kappa shape index (κ2) is 5.84. The van der Waals surface area contributed by atoms with Crippen LogP contribution < -0.4 is 10.6 Å². The van der Waals surface area contributed by atoms with Crippen LogP contribution in [0.25, 0.3) is 0 Å². The standard InChI is InChI=1S/C14H19N3O2/c1-16-13(18)9-17(10-14(16)19)12-6-4-11(5-7-12)3-2-8-15/h4-7H,2-3,8-10,15H2,1H3. The van der Waals surface area contributed by atoms with Crippen molar-refractivity contribution >= 4 is 17.5 Å². The lowest BCUT2D eigenvalue weighted by molar-refractivity contribution is -0.143. The Balaban J connectivity index is 2.06. The van der Waals surface area contributed by atoms with Gasteiger partial charge in [-0.3, -0.25) is 14.5 Å². The van der Waals surface area contributed by atoms with Crippen molar-refractivity contribution in [3.63, 3.8) is 0 Å². The van der Waals surface area contributed by atoms with Gasteiger partial charge < -0.3 is 10.6 Å². The SMILES string of the molecule is CN1C(=O)CN(c2ccc(CCCN)cc2)CC1=O. The van der Waals surface area contributed by atoms with Crippen LogP contribution in [0.2, 0.25) is 0 Å². The number of piperazine rings is 1. The molecule has 0 unspecified atom stereocenters. The number of nitrogens with two attached hydrogens (primary N) is 1. The first-order valence-corrected chi connectivity index (χ1v) is 6.45. The smallest absolute Gasteiger partial charge is 0.248 e. The van der Waals surface area contributed by atoms with Crippen molar-refractivity contribution in [1.29, 1.82) is 0 Å². The number of anilines is 1. The fourth-order valence-corrected chi connectivity index (χ4v) is 2.10. The number of rotatable bonds is 4. The van der Waals surface area contributed by atoms with Gasteiger partial charge in [-0.15, -0.1) is 0 Å². The van der Waals surface area contributed by atoms with Crippen molar-refractivity contribution < 1.29 is 9.59 Å². The maximum absolute atomic E-state index is 11.6. The number of nitrogens with zero attached hydrogens (tertiary/aromatic N) is 2. The van der Waals surface area contributed by atoms with E-state index in [2.05, 4.69) is 0 Å². The van der Waals surface area contributed by atoms with Gasteiger partial charge in [0.05, 0.1) is 13.1 Å². The first kappa shape index (κ1) is 13.5. The Morgan fingerprint density at radius 2 is 1.68 bits per heavy atom. The highest BCUT2D eigenvalue weighted by Crippen LogP contribution is 2.18. The van der Waals surface area contributed by atoms with Crippen LogP contribution in [0.3, 0.4) is 0 Å². The summed E-state index contributed by atoms with van der Waals surface area (Å²) in [7, 11) is 1.53. The van der Waals surface area contributed by atoms with E-state index in [1.165, 1.54) is 17.5 Å². The van der Waals surface area contributed by atoms with Crippen LogP contribution in [-0.4, -0.2) is 43.4 Å². The number of benzene rings is 1. The molecule has 1 fully saturated rings. The number of imide groups is 1. The Kier molecular flexibility index (Phi) is 4.16. The monoisotopic (exact) mass is 261 g/mol. The quantitative estimate of drug-likeness (QED) is 0.796. The Morgan fingerprint density at radius 3 is 2.21 bits per heavy atom. The average Bonchev–Trinajstić information content (AvgIpc) is 2.42. The fraction of sp³-hybridized carbons (Fsp3) is 0.429. The number of hydrogen-bond donors (Lipinski definition) is 1. The molecule has 2 amide bonds. The van der Waals surface area contributed by atoms with E-state index in [0.29, 0.717) is 6.54 Å². The summed E-state index contributed by atoms with van der Waals surface area (Å²) < 4.78 is 0. The van der Waals surface area contributed by atoms with E-state index in [0.717, 1.165) is 18.5 Å². The third-order valence-electron chi connectivity index (χ3n) is 3.37. The molecule has 1 saturated heterocycles. The van der Waals surface area contributed by atoms with Gasteiger partial charge in [0.25, 0.3) is 0 Å². The topological polar surface area (TPSA) is 66.6 Å². The summed E-state index contributed by atoms with van der Waals surface area (Å²) in [6.45, 7) is 1.19. The summed E-state index contributed by atoms with van der Waals surface area (Å²) in [5.41, 5.74) is 7.61. The highest BCUT2D eigenvalue weighted by molar-refractivity contribution is 6.02. The lowest BCUT2D eigenvalue weighted by Crippen LogP contribution is -2.52. The number of amides is 2. The predicted molar refractivity (Wildman–Crippen MR) is 73.8 cm³/mol. The van der Waals surface area contributed by atoms with E-state index in [4.69, 9.17) is 5.73 Å². The summed E-state index contributed by atoms with van der Waals surface area (Å²) in [6, 6.07) is 7.96. The minimum Gasteiger partial charge on any atom is -0.353 e. The van der Waals surface area contributed by atoms with Crippen molar-refractivity contribution in [2.24, 2.45) is 5.73 Å². The molecule has 2 rings (SSSR count). The number of aryl methyl sites for hydroxylation is 1. The van der Waals surface area contributed by atoms with Crippen molar-refractivity contribution in [2.75, 3.05) is 31.6 Å². The van der Waals surface area contributed by atoms with Gasteiger partial charge in [0, 0.05) is 12.7 Å². The molecule has 0 aromatic heterocycles. The lowest BCUT2D eigenvalue weighted by Gasteiger charge is -2.32. The zero-order valence-electron chi connectivity index (χ0n) is 11.1. The molecule has 0 spiro atoms. The van der Waals surface area contributed by atoms with Gasteiger partial charge in [-0.25, -0.2) is 0 Å². The first-order chi connectivity index (χ1) is 9.11. The van der Waals surface area contributed by atoms with E-state index in [1.54, 1.807) is 4.90 Å². The predicted octanol–water partition coefficient (Wildman–Crippen LogP) is 0.383. The van der Waals surface area contributed by atoms with Crippen LogP contribution in [0, 0.1) is 0 Å². The van der Waals surface area contributed by atoms with E-state index in [9.17, 15) is 9.59 Å². The van der Waals surface area contributed by atoms with Crippen molar-refractivity contribution in [3.8, 4) is 0 Å². The molecule has 1 aliphatic rings. The minimum atomic E-state index is -0.163. The van der Waals surface area contributed by atoms with Gasteiger partial charge in [0.1, 0.15) is 0 Å². The summed E-state index contributed by atoms with van der Waals surface area (Å²) in [5.74, 6) is -0.327. The summed E-state index contributed by atoms with van der Waals surface area (Å²) in [6.07, 6.45) is 1.92. The molecule has 0 bridgehead atoms. The van der Waals surface area contributed by atoms with Gasteiger partial charge in [-0.05, 0) is 37.1 Å². The molecule has 0 aliphatic carbocycles. The van der Waals surface area contributed by atoms with Crippen LogP contribution in [0.4, 0.5) is 5.69 Å². The molecule has 102 valence electrons. The molecule has 19 heavy (non-hydrogen) atoms. The average molecular weight is 261 g/mol. The number of carbonyl (C=O) groups excluding carboxylic acids is 2. The lowest BCUT2D eigenvalue weighted by atomic mass is 10.1. The number of hydrogen-bond acceptors (Lipinski definition) is 4. The van der Waals surface area contributed by atoms with Gasteiger partial charge in [-0.2, -0.15) is 0 Å². The highest BCUT2D eigenvalue weighted by atomic mass is 16.2. The molecule has 1 aliphatic heterocycles. The van der Waals surface area contributed by atoms with Crippen molar-refractivity contribution in [1.82, 2.24) is 4.90 Å². The van der Waals surface area contributed by atoms with Crippen LogP contribution in [0.1, 0.15) is 12.0 Å². The largest absolute Gasteiger partial charge is 0.353 e. The summed E-state index contributed by atoms with van der Waals surface area (Å²) in [5, 5.41) is 0. The molecule has 0 saturated carbocycles. The van der Waals surface area contributed by atoms with Crippen molar-refractivity contribution in [2.45, 2.75) is 12.8 Å². The molecule has 5 heteroatoms. The summed E-state index contributed by atoms with van der Waals surface area (Å²) in [4.78, 5) is 26.3. The Labute approximate surface area is 113 Å². The molecule has 0 atom stereocenters. The van der Waals surface area contributed by atoms with Gasteiger partial charge in [0.2, 0.25) is 11.8 Å². The third kappa shape index (κ3) is 3.12. The van der Waals surface area contributed by atoms with E-state index >= 15 is 0 Å². The molecule has 0 radical (unpaired) electrons. The van der Waals surface area contributed by atoms with E-state index in [-0.39, 0.29) is 24.9 Å². The van der Waals surface area contributed by atoms with E-state index in [1.807, 2.05) is 24.3 Å². The maximum Gasteiger partial charge on any atom is 0.248 e. The Bertz CT molecular complexity index is 452. The zero-order valence-corrected chi connectivity index (χ0v) is 11.1. The van der Waals surface area contributed by atoms with Crippen LogP contribution in [-0.2, 0) is 16.0 Å². The molecule has 5 nitrogen and oxygen atoms in total. The Hall–Kier alpha value is -1.88. The van der Waals surface area contributed by atoms with Crippen LogP contribution in [0.15, 0.2) is 24.3 Å². The molecule has 2 N–H and O–H groups in total. The summed E-state index contributed by atoms with van der Waals surface area (Å²) >= 11 is 0. The van der Waals surface area contributed by atoms with Crippen molar-refractivity contribution in [3.05, 3.63) is 29.8 Å². The van der Waals surface area contributed by atoms with E-state index < -0.39 is 0 Å². The second-order valence-corrected chi connectivity index (χ2v) is 4.76. The highest BCUT2D eigenvalue weighted by Gasteiger charge is 2.27. The van der Waals surface area contributed by atoms with Crippen LogP contribution >= 0.6 is 0 Å². The number of carbonyl (C=O) groups is 2. The molecular weight excluding hydrogens is 242 g/mol.